The van der Waals surface area contributed by atoms with Gasteiger partial charge in [-0.15, -0.1) is 0 Å². The lowest BCUT2D eigenvalue weighted by molar-refractivity contribution is -0.137. The van der Waals surface area contributed by atoms with E-state index in [0.29, 0.717) is 24.9 Å². The summed E-state index contributed by atoms with van der Waals surface area (Å²) in [6.45, 7) is 5.92. The van der Waals surface area contributed by atoms with Crippen molar-refractivity contribution in [3.63, 3.8) is 0 Å². The van der Waals surface area contributed by atoms with Crippen LogP contribution in [0.3, 0.4) is 0 Å². The summed E-state index contributed by atoms with van der Waals surface area (Å²) in [5.74, 6) is 1.21. The van der Waals surface area contributed by atoms with Crippen LogP contribution in [-0.2, 0) is 14.3 Å². The van der Waals surface area contributed by atoms with Crippen LogP contribution in [-0.4, -0.2) is 32.3 Å². The van der Waals surface area contributed by atoms with E-state index >= 15 is 0 Å². The molecule has 1 amide bonds. The van der Waals surface area contributed by atoms with E-state index in [9.17, 15) is 4.79 Å². The first-order chi connectivity index (χ1) is 12.9. The highest BCUT2D eigenvalue weighted by molar-refractivity contribution is 9.10. The number of benzene rings is 1. The van der Waals surface area contributed by atoms with Crippen molar-refractivity contribution in [2.75, 3.05) is 20.3 Å². The van der Waals surface area contributed by atoms with Gasteiger partial charge < -0.3 is 14.8 Å². The maximum Gasteiger partial charge on any atom is 0.222 e. The first-order valence-electron chi connectivity index (χ1n) is 10.0. The number of carbonyl (C=O) groups excluding carboxylic acids is 1. The van der Waals surface area contributed by atoms with Crippen LogP contribution < -0.4 is 5.32 Å². The first-order valence-corrected chi connectivity index (χ1v) is 10.8. The Balaban J connectivity index is 1.63. The normalized spacial score (nSPS) is 36.4. The third-order valence-electron chi connectivity index (χ3n) is 7.52. The standard InChI is InChI=1S/C22H30BrNO3/c1-21(2)15-12-17-19(14-5-4-6-16(23)11-14)27-10-8-22(17,13-15)20(21)24-18(25)7-9-26-3/h4-6,11,15,17,19-20H,7-10,12-13H2,1-3H3,(H,24,25)/t15-,17-,19-,20+,22-/m1/s1. The van der Waals surface area contributed by atoms with Crippen molar-refractivity contribution in [2.24, 2.45) is 22.7 Å². The van der Waals surface area contributed by atoms with E-state index in [4.69, 9.17) is 9.47 Å². The van der Waals surface area contributed by atoms with Crippen molar-refractivity contribution in [3.8, 4) is 0 Å². The average molecular weight is 436 g/mol. The molecule has 3 fully saturated rings. The van der Waals surface area contributed by atoms with Crippen LogP contribution >= 0.6 is 15.9 Å². The van der Waals surface area contributed by atoms with Gasteiger partial charge >= 0.3 is 0 Å². The van der Waals surface area contributed by atoms with Crippen LogP contribution in [0.4, 0.5) is 0 Å². The second kappa shape index (κ2) is 7.16. The monoisotopic (exact) mass is 435 g/mol. The van der Waals surface area contributed by atoms with Crippen molar-refractivity contribution >= 4 is 21.8 Å². The van der Waals surface area contributed by atoms with Gasteiger partial charge in [0.1, 0.15) is 0 Å². The molecule has 2 aliphatic carbocycles. The largest absolute Gasteiger partial charge is 0.384 e. The number of hydrogen-bond donors (Lipinski definition) is 1. The smallest absolute Gasteiger partial charge is 0.222 e. The average Bonchev–Trinajstić information content (AvgIpc) is 3.12. The summed E-state index contributed by atoms with van der Waals surface area (Å²) in [5, 5.41) is 3.42. The van der Waals surface area contributed by atoms with E-state index < -0.39 is 0 Å². The number of hydrogen-bond acceptors (Lipinski definition) is 3. The second-order valence-corrected chi connectivity index (χ2v) is 10.1. The predicted octanol–water partition coefficient (Wildman–Crippen LogP) is 4.48. The Kier molecular flexibility index (Phi) is 5.15. The van der Waals surface area contributed by atoms with Gasteiger partial charge in [0.15, 0.2) is 0 Å². The number of nitrogens with one attached hydrogen (secondary N) is 1. The Bertz CT molecular complexity index is 721. The Morgan fingerprint density at radius 1 is 1.41 bits per heavy atom. The number of methoxy groups -OCH3 is 1. The summed E-state index contributed by atoms with van der Waals surface area (Å²) in [4.78, 5) is 12.6. The van der Waals surface area contributed by atoms with Gasteiger partial charge in [-0.1, -0.05) is 41.9 Å². The molecule has 148 valence electrons. The summed E-state index contributed by atoms with van der Waals surface area (Å²) in [6.07, 6.45) is 3.98. The molecule has 4 nitrogen and oxygen atoms in total. The molecule has 1 aromatic carbocycles. The molecule has 1 spiro atoms. The SMILES string of the molecule is COCCC(=O)N[C@H]1C(C)(C)[C@@H]2C[C@@H]3[C@@H](c4cccc(Br)c4)OCC[C@@]31C2. The first kappa shape index (κ1) is 19.4. The van der Waals surface area contributed by atoms with Gasteiger partial charge in [-0.3, -0.25) is 4.79 Å². The Hall–Kier alpha value is -0.910. The van der Waals surface area contributed by atoms with Crippen LogP contribution in [0, 0.1) is 22.7 Å². The highest BCUT2D eigenvalue weighted by Crippen LogP contribution is 2.70. The highest BCUT2D eigenvalue weighted by Gasteiger charge is 2.68. The van der Waals surface area contributed by atoms with Gasteiger partial charge in [-0.05, 0) is 59.6 Å². The molecule has 0 radical (unpaired) electrons. The van der Waals surface area contributed by atoms with Crippen LogP contribution in [0.15, 0.2) is 28.7 Å². The fourth-order valence-electron chi connectivity index (χ4n) is 6.23. The fourth-order valence-corrected chi connectivity index (χ4v) is 6.65. The summed E-state index contributed by atoms with van der Waals surface area (Å²) in [6, 6.07) is 8.72. The zero-order valence-electron chi connectivity index (χ0n) is 16.5. The van der Waals surface area contributed by atoms with E-state index in [2.05, 4.69) is 59.4 Å². The molecule has 1 saturated heterocycles. The molecule has 2 bridgehead atoms. The molecule has 5 atom stereocenters. The third-order valence-corrected chi connectivity index (χ3v) is 8.01. The molecular weight excluding hydrogens is 406 g/mol. The summed E-state index contributed by atoms with van der Waals surface area (Å²) < 4.78 is 12.5. The van der Waals surface area contributed by atoms with Crippen LogP contribution in [0.2, 0.25) is 0 Å². The number of rotatable bonds is 5. The molecule has 27 heavy (non-hydrogen) atoms. The lowest BCUT2D eigenvalue weighted by Gasteiger charge is -2.53. The third kappa shape index (κ3) is 3.16. The molecule has 1 heterocycles. The van der Waals surface area contributed by atoms with Crippen molar-refractivity contribution in [3.05, 3.63) is 34.3 Å². The minimum Gasteiger partial charge on any atom is -0.384 e. The van der Waals surface area contributed by atoms with Gasteiger partial charge in [0, 0.05) is 30.7 Å². The van der Waals surface area contributed by atoms with Crippen LogP contribution in [0.5, 0.6) is 0 Å². The number of fused-ring (bicyclic) bond motifs is 1. The summed E-state index contributed by atoms with van der Waals surface area (Å²) >= 11 is 3.60. The highest BCUT2D eigenvalue weighted by atomic mass is 79.9. The summed E-state index contributed by atoms with van der Waals surface area (Å²) in [5.41, 5.74) is 1.52. The second-order valence-electron chi connectivity index (χ2n) is 9.14. The molecule has 1 aliphatic heterocycles. The number of ether oxygens (including phenoxy) is 2. The fraction of sp³-hybridized carbons (Fsp3) is 0.682. The molecule has 1 N–H and O–H groups in total. The zero-order chi connectivity index (χ0) is 19.2. The lowest BCUT2D eigenvalue weighted by Crippen LogP contribution is -2.59. The minimum atomic E-state index is 0.112. The lowest BCUT2D eigenvalue weighted by atomic mass is 9.59. The van der Waals surface area contributed by atoms with Crippen molar-refractivity contribution in [1.29, 1.82) is 0 Å². The number of halogens is 1. The Morgan fingerprint density at radius 2 is 2.22 bits per heavy atom. The molecule has 0 unspecified atom stereocenters. The van der Waals surface area contributed by atoms with E-state index in [1.54, 1.807) is 7.11 Å². The Labute approximate surface area is 170 Å². The van der Waals surface area contributed by atoms with Crippen LogP contribution in [0.1, 0.15) is 51.2 Å². The maximum atomic E-state index is 12.6. The van der Waals surface area contributed by atoms with E-state index in [1.165, 1.54) is 18.4 Å². The molecule has 3 aliphatic rings. The van der Waals surface area contributed by atoms with E-state index in [-0.39, 0.29) is 28.9 Å². The topological polar surface area (TPSA) is 47.6 Å². The molecule has 2 saturated carbocycles. The number of amides is 1. The van der Waals surface area contributed by atoms with Gasteiger partial charge in [0.25, 0.3) is 0 Å². The molecular formula is C22H30BrNO3. The maximum absolute atomic E-state index is 12.6. The quantitative estimate of drug-likeness (QED) is 0.740. The van der Waals surface area contributed by atoms with E-state index in [0.717, 1.165) is 17.5 Å². The zero-order valence-corrected chi connectivity index (χ0v) is 18.1. The Morgan fingerprint density at radius 3 is 2.96 bits per heavy atom. The molecule has 1 aromatic rings. The van der Waals surface area contributed by atoms with Crippen molar-refractivity contribution in [2.45, 2.75) is 51.7 Å². The van der Waals surface area contributed by atoms with Gasteiger partial charge in [0.05, 0.1) is 12.7 Å². The molecule has 0 aromatic heterocycles. The van der Waals surface area contributed by atoms with Gasteiger partial charge in [-0.25, -0.2) is 0 Å². The van der Waals surface area contributed by atoms with Crippen LogP contribution in [0.25, 0.3) is 0 Å². The van der Waals surface area contributed by atoms with Gasteiger partial charge in [-0.2, -0.15) is 0 Å². The van der Waals surface area contributed by atoms with Crippen molar-refractivity contribution in [1.82, 2.24) is 5.32 Å². The van der Waals surface area contributed by atoms with E-state index in [1.807, 2.05) is 0 Å². The van der Waals surface area contributed by atoms with Gasteiger partial charge in [0.2, 0.25) is 5.91 Å². The molecule has 4 rings (SSSR count). The minimum absolute atomic E-state index is 0.112. The van der Waals surface area contributed by atoms with Crippen molar-refractivity contribution < 1.29 is 14.3 Å². The molecule has 5 heteroatoms. The summed E-state index contributed by atoms with van der Waals surface area (Å²) in [7, 11) is 1.64. The number of carbonyl (C=O) groups is 1. The predicted molar refractivity (Wildman–Crippen MR) is 108 cm³/mol.